The van der Waals surface area contributed by atoms with E-state index in [0.717, 1.165) is 22.3 Å². The van der Waals surface area contributed by atoms with E-state index in [0.29, 0.717) is 90.5 Å². The van der Waals surface area contributed by atoms with Gasteiger partial charge in [0.15, 0.2) is 0 Å². The topological polar surface area (TPSA) is 190 Å². The van der Waals surface area contributed by atoms with E-state index in [1.54, 1.807) is 81.1 Å². The SMILES string of the molecule is COc1cc(OC)c2cc1C1CC(=O)NC(c3ccccc3)C(c3ccccc3)NC(=O)CC2c2cc(c(OC)cc2OC)C2CC(=O)NC(c3ccccc3)C(c3ccccc3)NC(=O)CC(c3cc2c(OC)cc3OC)c2cc1c(OC)cc2OC. The molecule has 8 aromatic rings. The van der Waals surface area contributed by atoms with Gasteiger partial charge in [0.1, 0.15) is 46.0 Å². The Hall–Kier alpha value is -9.96. The van der Waals surface area contributed by atoms with E-state index in [9.17, 15) is 0 Å². The predicted molar refractivity (Wildman–Crippen MR) is 333 cm³/mol. The number of fused-ring (bicyclic) bond motifs is 8. The van der Waals surface area contributed by atoms with Crippen LogP contribution in [0.1, 0.15) is 140 Å². The molecule has 8 aromatic carbocycles. The van der Waals surface area contributed by atoms with E-state index in [2.05, 4.69) is 21.3 Å². The summed E-state index contributed by atoms with van der Waals surface area (Å²) < 4.78 is 51.0. The number of hydrogen-bond donors (Lipinski definition) is 4. The van der Waals surface area contributed by atoms with Gasteiger partial charge >= 0.3 is 0 Å². The van der Waals surface area contributed by atoms with Crippen LogP contribution in [0.3, 0.4) is 0 Å². The molecule has 0 saturated carbocycles. The van der Waals surface area contributed by atoms with Crippen LogP contribution in [0, 0.1) is 0 Å². The Morgan fingerprint density at radius 1 is 0.250 bits per heavy atom. The zero-order valence-electron chi connectivity index (χ0n) is 50.5. The van der Waals surface area contributed by atoms with Gasteiger partial charge in [0.25, 0.3) is 0 Å². The fourth-order valence-electron chi connectivity index (χ4n) is 13.3. The van der Waals surface area contributed by atoms with Gasteiger partial charge in [-0.05, 0) is 46.5 Å². The number of benzene rings is 8. The summed E-state index contributed by atoms with van der Waals surface area (Å²) in [7, 11) is 12.5. The predicted octanol–water partition coefficient (Wildman–Crippen LogP) is 11.6. The molecule has 16 nitrogen and oxygen atoms in total. The molecule has 0 aromatic heterocycles. The first kappa shape index (κ1) is 59.8. The van der Waals surface area contributed by atoms with Crippen molar-refractivity contribution in [2.24, 2.45) is 0 Å². The van der Waals surface area contributed by atoms with Crippen molar-refractivity contribution in [3.05, 3.63) is 237 Å². The highest BCUT2D eigenvalue weighted by Gasteiger charge is 2.40. The Balaban J connectivity index is 1.29. The molecule has 2 aliphatic heterocycles. The molecule has 16 heteroatoms. The van der Waals surface area contributed by atoms with E-state index < -0.39 is 47.8 Å². The zero-order chi connectivity index (χ0) is 61.6. The third-order valence-electron chi connectivity index (χ3n) is 17.5. The second-order valence-electron chi connectivity index (χ2n) is 22.2. The third-order valence-corrected chi connectivity index (χ3v) is 17.5. The van der Waals surface area contributed by atoms with Gasteiger partial charge in [0, 0.05) is 118 Å². The normalized spacial score (nSPS) is 21.0. The first-order valence-corrected chi connectivity index (χ1v) is 29.3. The number of ether oxygens (including phenoxy) is 8. The lowest BCUT2D eigenvalue weighted by Gasteiger charge is -2.31. The van der Waals surface area contributed by atoms with Crippen molar-refractivity contribution in [1.82, 2.24) is 21.3 Å². The van der Waals surface area contributed by atoms with Crippen molar-refractivity contribution >= 4 is 23.6 Å². The van der Waals surface area contributed by atoms with Crippen LogP contribution in [0.25, 0.3) is 0 Å². The van der Waals surface area contributed by atoms with Crippen LogP contribution in [0.4, 0.5) is 0 Å². The van der Waals surface area contributed by atoms with Crippen LogP contribution >= 0.6 is 0 Å². The molecule has 0 radical (unpaired) electrons. The molecule has 0 spiro atoms. The first-order chi connectivity index (χ1) is 42.9. The van der Waals surface area contributed by atoms with Crippen molar-refractivity contribution in [3.8, 4) is 46.0 Å². The minimum Gasteiger partial charge on any atom is -0.496 e. The molecule has 12 bridgehead atoms. The van der Waals surface area contributed by atoms with Gasteiger partial charge in [-0.15, -0.1) is 0 Å². The lowest BCUT2D eigenvalue weighted by Crippen LogP contribution is -2.41. The second kappa shape index (κ2) is 26.3. The number of rotatable bonds is 12. The number of hydrogen-bond acceptors (Lipinski definition) is 12. The van der Waals surface area contributed by atoms with E-state index in [1.807, 2.05) is 146 Å². The number of carbonyl (C=O) groups excluding carboxylic acids is 4. The molecule has 4 N–H and O–H groups in total. The summed E-state index contributed by atoms with van der Waals surface area (Å²) in [6.45, 7) is 0. The quantitative estimate of drug-likeness (QED) is 0.0907. The molecular weight excluding hydrogens is 1110 g/mol. The second-order valence-corrected chi connectivity index (χ2v) is 22.2. The summed E-state index contributed by atoms with van der Waals surface area (Å²) in [6.07, 6.45) is -0.749. The van der Waals surface area contributed by atoms with Crippen molar-refractivity contribution in [2.45, 2.75) is 73.5 Å². The maximum absolute atomic E-state index is 15.7. The van der Waals surface area contributed by atoms with Crippen molar-refractivity contribution in [1.29, 1.82) is 0 Å². The number of carbonyl (C=O) groups is 4. The Kier molecular flexibility index (Phi) is 17.9. The van der Waals surface area contributed by atoms with Gasteiger partial charge in [-0.25, -0.2) is 0 Å². The highest BCUT2D eigenvalue weighted by atomic mass is 16.5. The van der Waals surface area contributed by atoms with Gasteiger partial charge in [-0.2, -0.15) is 0 Å². The van der Waals surface area contributed by atoms with Crippen LogP contribution in [0.15, 0.2) is 170 Å². The summed E-state index contributed by atoms with van der Waals surface area (Å²) in [5.74, 6) is -2.00. The molecule has 3 aliphatic rings. The molecule has 452 valence electrons. The van der Waals surface area contributed by atoms with Gasteiger partial charge in [-0.1, -0.05) is 121 Å². The van der Waals surface area contributed by atoms with E-state index in [1.165, 1.54) is 0 Å². The molecule has 11 rings (SSSR count). The molecule has 2 heterocycles. The molecule has 4 amide bonds. The summed E-state index contributed by atoms with van der Waals surface area (Å²) in [5.41, 5.74) is 7.40. The summed E-state index contributed by atoms with van der Waals surface area (Å²) in [4.78, 5) is 62.9. The smallest absolute Gasteiger partial charge is 0.221 e. The number of nitrogens with one attached hydrogen (secondary N) is 4. The molecule has 4 unspecified atom stereocenters. The molecule has 88 heavy (non-hydrogen) atoms. The largest absolute Gasteiger partial charge is 0.496 e. The van der Waals surface area contributed by atoms with Crippen LogP contribution in [0.2, 0.25) is 0 Å². The van der Waals surface area contributed by atoms with Gasteiger partial charge in [-0.3, -0.25) is 19.2 Å². The standard InChI is InChI=1S/C72H72N4O12/c1-81-57-37-58(82-2)50-29-49(57)45-33-65(77)73-69(41-21-13-9-14-22-41)70(42-23-15-10-16-24-42)74-66(78)34-46(50)55-32-56(64(88-8)40-63(55)87-7)48-36-68(80)76-72(44-27-19-12-20-28-44)71(43-25-17-11-18-26-43)75-67(79)35-47(51-30-52(48)60(84-4)38-59(51)83-3)54-31-53(45)61(85-5)39-62(54)86-6/h9-32,37-40,45-48,69-72H,33-36H2,1-8H3,(H,73,77)(H,74,78)(H,75,79)(H,76,80). The third kappa shape index (κ3) is 11.9. The Morgan fingerprint density at radius 3 is 0.557 bits per heavy atom. The maximum Gasteiger partial charge on any atom is 0.221 e. The van der Waals surface area contributed by atoms with Crippen LogP contribution in [0.5, 0.6) is 46.0 Å². The van der Waals surface area contributed by atoms with Crippen molar-refractivity contribution < 1.29 is 57.1 Å². The van der Waals surface area contributed by atoms with Gasteiger partial charge in [0.2, 0.25) is 23.6 Å². The van der Waals surface area contributed by atoms with Crippen LogP contribution in [-0.4, -0.2) is 80.5 Å². The van der Waals surface area contributed by atoms with Crippen molar-refractivity contribution in [2.75, 3.05) is 56.9 Å². The Bertz CT molecular complexity index is 3370. The molecule has 0 fully saturated rings. The lowest BCUT2D eigenvalue weighted by atomic mass is 9.77. The summed E-state index contributed by atoms with van der Waals surface area (Å²) in [5, 5.41) is 13.6. The fraction of sp³-hybridized carbons (Fsp3) is 0.278. The van der Waals surface area contributed by atoms with Gasteiger partial charge < -0.3 is 59.2 Å². The molecule has 1 aliphatic carbocycles. The zero-order valence-corrected chi connectivity index (χ0v) is 50.5. The maximum atomic E-state index is 15.7. The van der Waals surface area contributed by atoms with Crippen LogP contribution < -0.4 is 59.2 Å². The highest BCUT2D eigenvalue weighted by molar-refractivity contribution is 5.84. The Labute approximate surface area is 512 Å². The molecule has 4 atom stereocenters. The summed E-state index contributed by atoms with van der Waals surface area (Å²) in [6, 6.07) is 50.0. The highest BCUT2D eigenvalue weighted by Crippen LogP contribution is 2.53. The average Bonchev–Trinajstić information content (AvgIpc) is 1.41. The van der Waals surface area contributed by atoms with Gasteiger partial charge in [0.05, 0.1) is 81.0 Å². The minimum atomic E-state index is -0.885. The number of amides is 4. The van der Waals surface area contributed by atoms with E-state index in [-0.39, 0.29) is 49.3 Å². The average molecular weight is 1190 g/mol. The molecular formula is C72H72N4O12. The first-order valence-electron chi connectivity index (χ1n) is 29.3. The molecule has 0 saturated heterocycles. The van der Waals surface area contributed by atoms with Crippen LogP contribution in [-0.2, 0) is 19.2 Å². The van der Waals surface area contributed by atoms with E-state index >= 15 is 19.2 Å². The number of methoxy groups -OCH3 is 8. The Morgan fingerprint density at radius 2 is 0.409 bits per heavy atom. The van der Waals surface area contributed by atoms with E-state index in [4.69, 9.17) is 37.9 Å². The summed E-state index contributed by atoms with van der Waals surface area (Å²) >= 11 is 0. The minimum absolute atomic E-state index is 0.187. The van der Waals surface area contributed by atoms with Crippen molar-refractivity contribution in [3.63, 3.8) is 0 Å². The lowest BCUT2D eigenvalue weighted by molar-refractivity contribution is -0.125. The monoisotopic (exact) mass is 1180 g/mol. The fourth-order valence-corrected chi connectivity index (χ4v) is 13.3.